The number of ether oxygens (including phenoxy) is 1. The van der Waals surface area contributed by atoms with Crippen molar-refractivity contribution in [1.29, 1.82) is 0 Å². The molecule has 0 spiro atoms. The van der Waals surface area contributed by atoms with Crippen LogP contribution >= 0.6 is 0 Å². The van der Waals surface area contributed by atoms with E-state index in [1.165, 1.54) is 0 Å². The molecule has 1 aromatic carbocycles. The van der Waals surface area contributed by atoms with Crippen molar-refractivity contribution in [3.05, 3.63) is 54.7 Å². The van der Waals surface area contributed by atoms with Crippen LogP contribution in [0.2, 0.25) is 0 Å². The van der Waals surface area contributed by atoms with E-state index in [9.17, 15) is 4.79 Å². The number of carbonyl (C=O) groups is 1. The molecule has 0 saturated carbocycles. The first-order valence-corrected chi connectivity index (χ1v) is 8.62. The van der Waals surface area contributed by atoms with Gasteiger partial charge in [0.25, 0.3) is 0 Å². The lowest BCUT2D eigenvalue weighted by Gasteiger charge is -2.36. The molecule has 3 heterocycles. The summed E-state index contributed by atoms with van der Waals surface area (Å²) in [4.78, 5) is 22.6. The van der Waals surface area contributed by atoms with Crippen molar-refractivity contribution < 1.29 is 14.1 Å². The average molecular weight is 365 g/mol. The molecule has 2 aromatic heterocycles. The number of pyridine rings is 1. The van der Waals surface area contributed by atoms with Crippen LogP contribution in [0.1, 0.15) is 11.8 Å². The predicted octanol–water partition coefficient (Wildman–Crippen LogP) is 2.18. The van der Waals surface area contributed by atoms with E-state index < -0.39 is 0 Å². The first kappa shape index (κ1) is 17.2. The SMILES string of the molecule is COc1ccccc1-c1noc(C2CN(CC(=O)Nc3cccnc3)C2)n1. The normalized spacial score (nSPS) is 14.6. The Balaban J connectivity index is 1.32. The highest BCUT2D eigenvalue weighted by molar-refractivity contribution is 5.92. The molecule has 4 rings (SSSR count). The monoisotopic (exact) mass is 365 g/mol. The van der Waals surface area contributed by atoms with Crippen molar-refractivity contribution >= 4 is 11.6 Å². The number of nitrogens with zero attached hydrogens (tertiary/aromatic N) is 4. The first-order chi connectivity index (χ1) is 13.2. The molecule has 8 heteroatoms. The Hall–Kier alpha value is -3.26. The van der Waals surface area contributed by atoms with E-state index in [0.717, 1.165) is 5.56 Å². The van der Waals surface area contributed by atoms with E-state index in [1.807, 2.05) is 35.2 Å². The van der Waals surface area contributed by atoms with Crippen LogP contribution in [-0.4, -0.2) is 52.7 Å². The fourth-order valence-electron chi connectivity index (χ4n) is 3.04. The van der Waals surface area contributed by atoms with E-state index in [1.54, 1.807) is 25.6 Å². The molecule has 0 aliphatic carbocycles. The third kappa shape index (κ3) is 3.80. The number of amides is 1. The van der Waals surface area contributed by atoms with Crippen LogP contribution in [0.4, 0.5) is 5.69 Å². The molecular formula is C19H19N5O3. The predicted molar refractivity (Wildman–Crippen MR) is 98.3 cm³/mol. The summed E-state index contributed by atoms with van der Waals surface area (Å²) in [6.07, 6.45) is 3.29. The molecule has 0 radical (unpaired) electrons. The number of carbonyl (C=O) groups excluding carboxylic acids is 1. The van der Waals surface area contributed by atoms with Crippen molar-refractivity contribution in [2.45, 2.75) is 5.92 Å². The molecule has 1 aliphatic heterocycles. The highest BCUT2D eigenvalue weighted by Gasteiger charge is 2.33. The van der Waals surface area contributed by atoms with Crippen molar-refractivity contribution in [1.82, 2.24) is 20.0 Å². The van der Waals surface area contributed by atoms with E-state index in [0.29, 0.717) is 42.8 Å². The maximum absolute atomic E-state index is 12.1. The van der Waals surface area contributed by atoms with Gasteiger partial charge in [-0.3, -0.25) is 14.7 Å². The van der Waals surface area contributed by atoms with Gasteiger partial charge in [-0.2, -0.15) is 4.98 Å². The van der Waals surface area contributed by atoms with Gasteiger partial charge in [0.2, 0.25) is 17.6 Å². The van der Waals surface area contributed by atoms with Gasteiger partial charge in [-0.1, -0.05) is 17.3 Å². The van der Waals surface area contributed by atoms with Crippen LogP contribution in [0.3, 0.4) is 0 Å². The number of methoxy groups -OCH3 is 1. The van der Waals surface area contributed by atoms with Crippen molar-refractivity contribution in [3.63, 3.8) is 0 Å². The summed E-state index contributed by atoms with van der Waals surface area (Å²) in [5.41, 5.74) is 1.49. The number of aromatic nitrogens is 3. The Kier molecular flexibility index (Phi) is 4.80. The highest BCUT2D eigenvalue weighted by atomic mass is 16.5. The molecule has 1 amide bonds. The van der Waals surface area contributed by atoms with Gasteiger partial charge >= 0.3 is 0 Å². The zero-order valence-electron chi connectivity index (χ0n) is 14.8. The van der Waals surface area contributed by atoms with Gasteiger partial charge in [0, 0.05) is 19.3 Å². The van der Waals surface area contributed by atoms with Crippen LogP contribution in [0.25, 0.3) is 11.4 Å². The van der Waals surface area contributed by atoms with Gasteiger partial charge in [0.05, 0.1) is 37.0 Å². The second-order valence-corrected chi connectivity index (χ2v) is 6.34. The molecule has 0 unspecified atom stereocenters. The van der Waals surface area contributed by atoms with E-state index in [4.69, 9.17) is 9.26 Å². The average Bonchev–Trinajstić information content (AvgIpc) is 3.14. The zero-order chi connectivity index (χ0) is 18.6. The van der Waals surface area contributed by atoms with Gasteiger partial charge in [-0.25, -0.2) is 0 Å². The molecule has 3 aromatic rings. The Morgan fingerprint density at radius 3 is 2.93 bits per heavy atom. The van der Waals surface area contributed by atoms with Crippen LogP contribution < -0.4 is 10.1 Å². The second-order valence-electron chi connectivity index (χ2n) is 6.34. The molecule has 1 aliphatic rings. The highest BCUT2D eigenvalue weighted by Crippen LogP contribution is 2.31. The number of likely N-dealkylation sites (tertiary alicyclic amines) is 1. The maximum Gasteiger partial charge on any atom is 0.238 e. The van der Waals surface area contributed by atoms with Crippen LogP contribution in [0.5, 0.6) is 5.75 Å². The van der Waals surface area contributed by atoms with Crippen molar-refractivity contribution in [2.75, 3.05) is 32.1 Å². The Morgan fingerprint density at radius 2 is 2.15 bits per heavy atom. The summed E-state index contributed by atoms with van der Waals surface area (Å²) in [5, 5.41) is 6.89. The van der Waals surface area contributed by atoms with Crippen molar-refractivity contribution in [2.24, 2.45) is 0 Å². The molecule has 8 nitrogen and oxygen atoms in total. The minimum absolute atomic E-state index is 0.0679. The molecule has 138 valence electrons. The molecule has 1 N–H and O–H groups in total. The first-order valence-electron chi connectivity index (χ1n) is 8.62. The number of hydrogen-bond donors (Lipinski definition) is 1. The summed E-state index contributed by atoms with van der Waals surface area (Å²) in [6.45, 7) is 1.72. The lowest BCUT2D eigenvalue weighted by atomic mass is 10.0. The van der Waals surface area contributed by atoms with E-state index in [-0.39, 0.29) is 11.8 Å². The Morgan fingerprint density at radius 1 is 1.30 bits per heavy atom. The molecule has 0 atom stereocenters. The Bertz CT molecular complexity index is 922. The van der Waals surface area contributed by atoms with Crippen LogP contribution in [0.15, 0.2) is 53.3 Å². The minimum atomic E-state index is -0.0679. The summed E-state index contributed by atoms with van der Waals surface area (Å²) < 4.78 is 10.8. The van der Waals surface area contributed by atoms with Crippen LogP contribution in [-0.2, 0) is 4.79 Å². The fourth-order valence-corrected chi connectivity index (χ4v) is 3.04. The van der Waals surface area contributed by atoms with Gasteiger partial charge < -0.3 is 14.6 Å². The smallest absolute Gasteiger partial charge is 0.238 e. The second kappa shape index (κ2) is 7.55. The van der Waals surface area contributed by atoms with Crippen LogP contribution in [0, 0.1) is 0 Å². The van der Waals surface area contributed by atoms with E-state index >= 15 is 0 Å². The largest absolute Gasteiger partial charge is 0.496 e. The number of benzene rings is 1. The number of para-hydroxylation sites is 1. The topological polar surface area (TPSA) is 93.4 Å². The third-order valence-electron chi connectivity index (χ3n) is 4.41. The Labute approximate surface area is 156 Å². The lowest BCUT2D eigenvalue weighted by Crippen LogP contribution is -2.48. The summed E-state index contributed by atoms with van der Waals surface area (Å²) in [6, 6.07) is 11.1. The van der Waals surface area contributed by atoms with Crippen molar-refractivity contribution in [3.8, 4) is 17.1 Å². The van der Waals surface area contributed by atoms with Gasteiger partial charge in [0.15, 0.2) is 0 Å². The molecule has 27 heavy (non-hydrogen) atoms. The van der Waals surface area contributed by atoms with E-state index in [2.05, 4.69) is 20.4 Å². The number of hydrogen-bond acceptors (Lipinski definition) is 7. The molecule has 1 fully saturated rings. The summed E-state index contributed by atoms with van der Waals surface area (Å²) >= 11 is 0. The number of anilines is 1. The number of rotatable bonds is 6. The number of nitrogens with one attached hydrogen (secondary N) is 1. The van der Waals surface area contributed by atoms with Gasteiger partial charge in [-0.15, -0.1) is 0 Å². The lowest BCUT2D eigenvalue weighted by molar-refractivity contribution is -0.118. The molecule has 0 bridgehead atoms. The van der Waals surface area contributed by atoms with Gasteiger partial charge in [0.1, 0.15) is 5.75 Å². The summed E-state index contributed by atoms with van der Waals surface area (Å²) in [5.74, 6) is 1.86. The molecule has 1 saturated heterocycles. The fraction of sp³-hybridized carbons (Fsp3) is 0.263. The summed E-state index contributed by atoms with van der Waals surface area (Å²) in [7, 11) is 1.61. The zero-order valence-corrected chi connectivity index (χ0v) is 14.8. The standard InChI is InChI=1S/C19H19N5O3/c1-26-16-7-3-2-6-15(16)18-22-19(27-23-18)13-10-24(11-13)12-17(25)21-14-5-4-8-20-9-14/h2-9,13H,10-12H2,1H3,(H,21,25). The van der Waals surface area contributed by atoms with Gasteiger partial charge in [-0.05, 0) is 24.3 Å². The third-order valence-corrected chi connectivity index (χ3v) is 4.41. The maximum atomic E-state index is 12.1. The minimum Gasteiger partial charge on any atom is -0.496 e. The molecular weight excluding hydrogens is 346 g/mol. The quantitative estimate of drug-likeness (QED) is 0.715.